The molecule has 0 aliphatic rings. The van der Waals surface area contributed by atoms with E-state index in [4.69, 9.17) is 5.11 Å². The van der Waals surface area contributed by atoms with Gasteiger partial charge in [0.05, 0.1) is 11.3 Å². The van der Waals surface area contributed by atoms with E-state index < -0.39 is 10.9 Å². The summed E-state index contributed by atoms with van der Waals surface area (Å²) in [6.45, 7) is 1.61. The third kappa shape index (κ3) is 4.30. The molecular weight excluding hydrogens is 332 g/mol. The van der Waals surface area contributed by atoms with Crippen LogP contribution in [0.2, 0.25) is 0 Å². The molecule has 20 heavy (non-hydrogen) atoms. The Labute approximate surface area is 123 Å². The van der Waals surface area contributed by atoms with Crippen molar-refractivity contribution in [1.29, 1.82) is 0 Å². The molecule has 0 heterocycles. The number of nitro groups is 1. The molecule has 0 saturated carbocycles. The van der Waals surface area contributed by atoms with Crippen LogP contribution in [0.15, 0.2) is 22.7 Å². The van der Waals surface area contributed by atoms with Crippen molar-refractivity contribution in [2.24, 2.45) is 0 Å². The van der Waals surface area contributed by atoms with E-state index in [9.17, 15) is 19.7 Å². The van der Waals surface area contributed by atoms with Gasteiger partial charge in [-0.1, -0.05) is 22.0 Å². The smallest absolute Gasteiger partial charge is 0.323 e. The molecule has 1 aromatic rings. The molecule has 0 unspecified atom stereocenters. The summed E-state index contributed by atoms with van der Waals surface area (Å²) in [5, 5.41) is 19.3. The number of non-ortho nitro benzene ring substituents is 1. The normalized spacial score (nSPS) is 10.1. The molecule has 1 amide bonds. The lowest BCUT2D eigenvalue weighted by Crippen LogP contribution is -2.36. The summed E-state index contributed by atoms with van der Waals surface area (Å²) in [7, 11) is 0. The predicted molar refractivity (Wildman–Crippen MR) is 74.4 cm³/mol. The monoisotopic (exact) mass is 344 g/mol. The molecule has 0 aliphatic heterocycles. The zero-order valence-electron chi connectivity index (χ0n) is 10.7. The lowest BCUT2D eigenvalue weighted by molar-refractivity contribution is -0.384. The van der Waals surface area contributed by atoms with E-state index in [1.54, 1.807) is 6.92 Å². The van der Waals surface area contributed by atoms with E-state index in [0.29, 0.717) is 10.0 Å². The topological polar surface area (TPSA) is 101 Å². The van der Waals surface area contributed by atoms with Gasteiger partial charge >= 0.3 is 5.97 Å². The van der Waals surface area contributed by atoms with Gasteiger partial charge in [-0.05, 0) is 12.5 Å². The van der Waals surface area contributed by atoms with Crippen LogP contribution in [0.25, 0.3) is 0 Å². The van der Waals surface area contributed by atoms with Crippen molar-refractivity contribution in [2.45, 2.75) is 13.3 Å². The molecule has 108 valence electrons. The van der Waals surface area contributed by atoms with Gasteiger partial charge in [-0.2, -0.15) is 0 Å². The predicted octanol–water partition coefficient (Wildman–Crippen LogP) is 1.83. The second kappa shape index (κ2) is 6.99. The molecule has 0 spiro atoms. The minimum atomic E-state index is -1.08. The molecule has 7 nitrogen and oxygen atoms in total. The van der Waals surface area contributed by atoms with Crippen molar-refractivity contribution < 1.29 is 19.6 Å². The maximum atomic E-state index is 12.0. The van der Waals surface area contributed by atoms with Gasteiger partial charge in [0.15, 0.2) is 0 Å². The highest BCUT2D eigenvalue weighted by Crippen LogP contribution is 2.23. The van der Waals surface area contributed by atoms with Crippen molar-refractivity contribution in [3.63, 3.8) is 0 Å². The zero-order chi connectivity index (χ0) is 15.3. The summed E-state index contributed by atoms with van der Waals surface area (Å²) in [5.41, 5.74) is 0.496. The van der Waals surface area contributed by atoms with Crippen molar-refractivity contribution >= 4 is 33.5 Å². The van der Waals surface area contributed by atoms with E-state index in [1.807, 2.05) is 0 Å². The van der Waals surface area contributed by atoms with Crippen LogP contribution in [0.1, 0.15) is 12.5 Å². The van der Waals surface area contributed by atoms with Crippen molar-refractivity contribution in [3.05, 3.63) is 38.3 Å². The molecule has 0 aromatic heterocycles. The van der Waals surface area contributed by atoms with Crippen LogP contribution < -0.4 is 0 Å². The Hall–Kier alpha value is -1.96. The molecule has 0 bridgehead atoms. The van der Waals surface area contributed by atoms with E-state index >= 15 is 0 Å². The molecule has 0 fully saturated rings. The zero-order valence-corrected chi connectivity index (χ0v) is 12.3. The standard InChI is InChI=1S/C12H13BrN2O5/c1-2-14(7-12(17)18)11(16)5-8-3-4-9(15(19)20)6-10(8)13/h3-4,6H,2,5,7H2,1H3,(H,17,18). The van der Waals surface area contributed by atoms with Gasteiger partial charge < -0.3 is 10.0 Å². The number of halogens is 1. The number of hydrogen-bond donors (Lipinski definition) is 1. The molecule has 1 rings (SSSR count). The summed E-state index contributed by atoms with van der Waals surface area (Å²) in [6.07, 6.45) is -0.0142. The number of carboxylic acid groups (broad SMARTS) is 1. The molecule has 0 radical (unpaired) electrons. The van der Waals surface area contributed by atoms with Gasteiger partial charge in [0.25, 0.3) is 5.69 Å². The van der Waals surface area contributed by atoms with Gasteiger partial charge in [-0.25, -0.2) is 0 Å². The number of rotatable bonds is 6. The summed E-state index contributed by atoms with van der Waals surface area (Å²) >= 11 is 3.17. The summed E-state index contributed by atoms with van der Waals surface area (Å²) in [4.78, 5) is 33.9. The van der Waals surface area contributed by atoms with Crippen LogP contribution in [-0.4, -0.2) is 39.9 Å². The minimum Gasteiger partial charge on any atom is -0.480 e. The molecule has 1 N–H and O–H groups in total. The SMILES string of the molecule is CCN(CC(=O)O)C(=O)Cc1ccc([N+](=O)[O-])cc1Br. The highest BCUT2D eigenvalue weighted by molar-refractivity contribution is 9.10. The number of benzene rings is 1. The highest BCUT2D eigenvalue weighted by atomic mass is 79.9. The highest BCUT2D eigenvalue weighted by Gasteiger charge is 2.17. The first kappa shape index (κ1) is 16.1. The first-order valence-electron chi connectivity index (χ1n) is 5.77. The second-order valence-corrected chi connectivity index (χ2v) is 4.87. The Kier molecular flexibility index (Phi) is 5.63. The third-order valence-corrected chi connectivity index (χ3v) is 3.39. The van der Waals surface area contributed by atoms with Gasteiger partial charge in [0.2, 0.25) is 5.91 Å². The Balaban J connectivity index is 2.84. The summed E-state index contributed by atoms with van der Waals surface area (Å²) < 4.78 is 0.450. The van der Waals surface area contributed by atoms with Crippen molar-refractivity contribution in [1.82, 2.24) is 4.90 Å². The van der Waals surface area contributed by atoms with E-state index in [0.717, 1.165) is 0 Å². The Bertz CT molecular complexity index is 547. The third-order valence-electron chi connectivity index (χ3n) is 2.65. The van der Waals surface area contributed by atoms with Crippen LogP contribution in [0, 0.1) is 10.1 Å². The van der Waals surface area contributed by atoms with Crippen LogP contribution in [0.4, 0.5) is 5.69 Å². The molecular formula is C12H13BrN2O5. The molecule has 0 atom stereocenters. The average Bonchev–Trinajstić information content (AvgIpc) is 2.37. The fourth-order valence-electron chi connectivity index (χ4n) is 1.61. The largest absolute Gasteiger partial charge is 0.480 e. The molecule has 8 heteroatoms. The van der Waals surface area contributed by atoms with Gasteiger partial charge in [0, 0.05) is 23.2 Å². The second-order valence-electron chi connectivity index (χ2n) is 4.01. The molecule has 0 saturated heterocycles. The number of amides is 1. The van der Waals surface area contributed by atoms with Crippen LogP contribution >= 0.6 is 15.9 Å². The summed E-state index contributed by atoms with van der Waals surface area (Å²) in [6, 6.07) is 4.10. The number of likely N-dealkylation sites (N-methyl/N-ethyl adjacent to an activating group) is 1. The lowest BCUT2D eigenvalue weighted by atomic mass is 10.1. The Morgan fingerprint density at radius 3 is 2.55 bits per heavy atom. The average molecular weight is 345 g/mol. The first-order valence-corrected chi connectivity index (χ1v) is 6.56. The van der Waals surface area contributed by atoms with Crippen molar-refractivity contribution in [2.75, 3.05) is 13.1 Å². The van der Waals surface area contributed by atoms with E-state index in [2.05, 4.69) is 15.9 Å². The number of hydrogen-bond acceptors (Lipinski definition) is 4. The number of carbonyl (C=O) groups excluding carboxylic acids is 1. The van der Waals surface area contributed by atoms with Crippen molar-refractivity contribution in [3.8, 4) is 0 Å². The maximum Gasteiger partial charge on any atom is 0.323 e. The fraction of sp³-hybridized carbons (Fsp3) is 0.333. The van der Waals surface area contributed by atoms with Crippen LogP contribution in [-0.2, 0) is 16.0 Å². The fourth-order valence-corrected chi connectivity index (χ4v) is 2.11. The van der Waals surface area contributed by atoms with Crippen LogP contribution in [0.3, 0.4) is 0 Å². The number of carbonyl (C=O) groups is 2. The maximum absolute atomic E-state index is 12.0. The lowest BCUT2D eigenvalue weighted by Gasteiger charge is -2.18. The van der Waals surface area contributed by atoms with Gasteiger partial charge in [0.1, 0.15) is 6.54 Å². The number of aliphatic carboxylic acids is 1. The minimum absolute atomic E-state index is 0.0142. The molecule has 0 aliphatic carbocycles. The molecule has 1 aromatic carbocycles. The number of nitrogens with zero attached hydrogens (tertiary/aromatic N) is 2. The Morgan fingerprint density at radius 2 is 2.10 bits per heavy atom. The quantitative estimate of drug-likeness (QED) is 0.626. The summed E-state index contributed by atoms with van der Waals surface area (Å²) in [5.74, 6) is -1.42. The van der Waals surface area contributed by atoms with E-state index in [-0.39, 0.29) is 31.1 Å². The first-order chi connectivity index (χ1) is 9.35. The van der Waals surface area contributed by atoms with Gasteiger partial charge in [-0.15, -0.1) is 0 Å². The number of nitro benzene ring substituents is 1. The van der Waals surface area contributed by atoms with Crippen LogP contribution in [0.5, 0.6) is 0 Å². The number of carboxylic acids is 1. The Morgan fingerprint density at radius 1 is 1.45 bits per heavy atom. The van der Waals surface area contributed by atoms with Gasteiger partial charge in [-0.3, -0.25) is 19.7 Å². The van der Waals surface area contributed by atoms with E-state index in [1.165, 1.54) is 23.1 Å².